The Bertz CT molecular complexity index is 148. The highest BCUT2D eigenvalue weighted by molar-refractivity contribution is 5.82. The Balaban J connectivity index is 2.61. The number of hydrogen-bond acceptors (Lipinski definition) is 2. The normalized spacial score (nSPS) is 27.0. The van der Waals surface area contributed by atoms with Crippen LogP contribution in [0.4, 0.5) is 4.48 Å². The first-order valence-electron chi connectivity index (χ1n) is 2.69. The molecule has 0 aliphatic carbocycles. The van der Waals surface area contributed by atoms with Crippen LogP contribution < -0.4 is 0 Å². The number of carbonyl (C=O) groups excluding carboxylic acids is 2. The van der Waals surface area contributed by atoms with Crippen LogP contribution in [0.3, 0.4) is 0 Å². The van der Waals surface area contributed by atoms with Gasteiger partial charge in [0.15, 0.2) is 0 Å². The van der Waals surface area contributed by atoms with Crippen LogP contribution in [-0.4, -0.2) is 23.4 Å². The van der Waals surface area contributed by atoms with Crippen LogP contribution in [0.2, 0.25) is 0 Å². The second-order valence-corrected chi connectivity index (χ2v) is 1.95. The molecule has 4 heteroatoms. The molecule has 1 atom stereocenters. The molecule has 1 aliphatic rings. The molecule has 1 rings (SSSR count). The highest BCUT2D eigenvalue weighted by atomic mass is 19.2. The Kier molecular flexibility index (Phi) is 1.46. The number of amides is 1. The Morgan fingerprint density at radius 3 is 2.67 bits per heavy atom. The maximum absolute atomic E-state index is 12.2. The standard InChI is InChI=1S/C5H6FNO2/c6-7-4(3-8)1-2-5(7)9/h3-4H,1-2H2. The summed E-state index contributed by atoms with van der Waals surface area (Å²) in [5, 5.41) is -0.00694. The predicted octanol–water partition coefficient (Wildman–Crippen LogP) is 0.0608. The Labute approximate surface area is 51.4 Å². The van der Waals surface area contributed by atoms with Gasteiger partial charge >= 0.3 is 0 Å². The molecule has 0 N–H and O–H groups in total. The van der Waals surface area contributed by atoms with Crippen LogP contribution in [0.15, 0.2) is 0 Å². The Morgan fingerprint density at radius 2 is 2.44 bits per heavy atom. The molecule has 1 saturated heterocycles. The maximum atomic E-state index is 12.2. The van der Waals surface area contributed by atoms with E-state index < -0.39 is 11.9 Å². The van der Waals surface area contributed by atoms with Crippen molar-refractivity contribution in [2.75, 3.05) is 0 Å². The summed E-state index contributed by atoms with van der Waals surface area (Å²) < 4.78 is 12.2. The van der Waals surface area contributed by atoms with E-state index in [2.05, 4.69) is 0 Å². The second-order valence-electron chi connectivity index (χ2n) is 1.95. The van der Waals surface area contributed by atoms with E-state index >= 15 is 0 Å². The van der Waals surface area contributed by atoms with E-state index in [1.807, 2.05) is 0 Å². The highest BCUT2D eigenvalue weighted by Gasteiger charge is 2.30. The molecule has 0 aromatic heterocycles. The summed E-state index contributed by atoms with van der Waals surface area (Å²) >= 11 is 0. The fraction of sp³-hybridized carbons (Fsp3) is 0.600. The molecular formula is C5H6FNO2. The third-order valence-electron chi connectivity index (χ3n) is 1.34. The number of rotatable bonds is 1. The highest BCUT2D eigenvalue weighted by Crippen LogP contribution is 2.16. The lowest BCUT2D eigenvalue weighted by Crippen LogP contribution is -2.25. The lowest BCUT2D eigenvalue weighted by Gasteiger charge is -2.05. The summed E-state index contributed by atoms with van der Waals surface area (Å²) in [6.07, 6.45) is 0.920. The van der Waals surface area contributed by atoms with E-state index in [0.29, 0.717) is 12.7 Å². The van der Waals surface area contributed by atoms with E-state index in [1.165, 1.54) is 0 Å². The number of hydrogen-bond donors (Lipinski definition) is 0. The number of aldehydes is 1. The Morgan fingerprint density at radius 1 is 1.78 bits per heavy atom. The smallest absolute Gasteiger partial charge is 0.250 e. The number of carbonyl (C=O) groups is 2. The topological polar surface area (TPSA) is 37.4 Å². The molecule has 1 aliphatic heterocycles. The fourth-order valence-electron chi connectivity index (χ4n) is 0.798. The van der Waals surface area contributed by atoms with Crippen molar-refractivity contribution in [2.24, 2.45) is 0 Å². The van der Waals surface area contributed by atoms with Gasteiger partial charge in [-0.05, 0) is 6.42 Å². The first-order valence-corrected chi connectivity index (χ1v) is 2.69. The van der Waals surface area contributed by atoms with Gasteiger partial charge < -0.3 is 4.79 Å². The summed E-state index contributed by atoms with van der Waals surface area (Å²) in [6.45, 7) is 0. The van der Waals surface area contributed by atoms with Gasteiger partial charge in [0.05, 0.1) is 0 Å². The van der Waals surface area contributed by atoms with E-state index in [-0.39, 0.29) is 11.5 Å². The van der Waals surface area contributed by atoms with Crippen molar-refractivity contribution in [3.8, 4) is 0 Å². The van der Waals surface area contributed by atoms with Crippen LogP contribution >= 0.6 is 0 Å². The molecule has 0 spiro atoms. The van der Waals surface area contributed by atoms with E-state index in [0.717, 1.165) is 0 Å². The van der Waals surface area contributed by atoms with Gasteiger partial charge in [0, 0.05) is 6.42 Å². The van der Waals surface area contributed by atoms with Gasteiger partial charge in [-0.3, -0.25) is 4.79 Å². The summed E-state index contributed by atoms with van der Waals surface area (Å²) in [5.74, 6) is -0.591. The van der Waals surface area contributed by atoms with Crippen LogP contribution in [0.1, 0.15) is 12.8 Å². The van der Waals surface area contributed by atoms with Gasteiger partial charge in [0.2, 0.25) is 0 Å². The third kappa shape index (κ3) is 0.918. The van der Waals surface area contributed by atoms with Gasteiger partial charge in [-0.15, -0.1) is 0 Å². The first kappa shape index (κ1) is 6.19. The predicted molar refractivity (Wildman–Crippen MR) is 27.0 cm³/mol. The van der Waals surface area contributed by atoms with Gasteiger partial charge in [0.1, 0.15) is 12.3 Å². The molecule has 0 aromatic carbocycles. The van der Waals surface area contributed by atoms with Crippen LogP contribution in [0.5, 0.6) is 0 Å². The molecule has 9 heavy (non-hydrogen) atoms. The average Bonchev–Trinajstić information content (AvgIpc) is 2.15. The number of halogens is 1. The van der Waals surface area contributed by atoms with Crippen molar-refractivity contribution >= 4 is 12.2 Å². The molecule has 3 nitrogen and oxygen atoms in total. The molecule has 0 bridgehead atoms. The van der Waals surface area contributed by atoms with Crippen molar-refractivity contribution < 1.29 is 14.1 Å². The summed E-state index contributed by atoms with van der Waals surface area (Å²) in [5.41, 5.74) is 0. The third-order valence-corrected chi connectivity index (χ3v) is 1.34. The van der Waals surface area contributed by atoms with Gasteiger partial charge in [-0.1, -0.05) is 4.48 Å². The maximum Gasteiger partial charge on any atom is 0.250 e. The van der Waals surface area contributed by atoms with Crippen molar-refractivity contribution in [3.05, 3.63) is 0 Å². The molecule has 0 radical (unpaired) electrons. The van der Waals surface area contributed by atoms with Crippen LogP contribution in [-0.2, 0) is 9.59 Å². The first-order chi connectivity index (χ1) is 4.25. The largest absolute Gasteiger partial charge is 0.301 e. The van der Waals surface area contributed by atoms with Crippen molar-refractivity contribution in [1.29, 1.82) is 0 Å². The molecule has 50 valence electrons. The minimum atomic E-state index is -0.822. The average molecular weight is 131 g/mol. The van der Waals surface area contributed by atoms with Crippen molar-refractivity contribution in [1.82, 2.24) is 5.12 Å². The molecule has 0 saturated carbocycles. The Hall–Kier alpha value is -0.930. The fourth-order valence-corrected chi connectivity index (χ4v) is 0.798. The number of nitrogens with zero attached hydrogens (tertiary/aromatic N) is 1. The molecule has 1 unspecified atom stereocenters. The zero-order valence-corrected chi connectivity index (χ0v) is 4.71. The zero-order valence-electron chi connectivity index (χ0n) is 4.71. The van der Waals surface area contributed by atoms with Gasteiger partial charge in [0.25, 0.3) is 5.91 Å². The minimum Gasteiger partial charge on any atom is -0.301 e. The quantitative estimate of drug-likeness (QED) is 0.372. The van der Waals surface area contributed by atoms with Gasteiger partial charge in [-0.2, -0.15) is 5.12 Å². The molecule has 1 heterocycles. The lowest BCUT2D eigenvalue weighted by molar-refractivity contribution is -0.146. The SMILES string of the molecule is O=CC1CCC(=O)N1F. The molecular weight excluding hydrogens is 125 g/mol. The molecule has 1 fully saturated rings. The molecule has 0 aromatic rings. The molecule has 1 amide bonds. The monoisotopic (exact) mass is 131 g/mol. The second kappa shape index (κ2) is 2.13. The summed E-state index contributed by atoms with van der Waals surface area (Å²) in [6, 6.07) is -0.822. The van der Waals surface area contributed by atoms with Gasteiger partial charge in [-0.25, -0.2) is 0 Å². The van der Waals surface area contributed by atoms with Crippen LogP contribution in [0.25, 0.3) is 0 Å². The lowest BCUT2D eigenvalue weighted by atomic mass is 10.2. The van der Waals surface area contributed by atoms with E-state index in [4.69, 9.17) is 0 Å². The van der Waals surface area contributed by atoms with Crippen molar-refractivity contribution in [2.45, 2.75) is 18.9 Å². The van der Waals surface area contributed by atoms with Crippen molar-refractivity contribution in [3.63, 3.8) is 0 Å². The summed E-state index contributed by atoms with van der Waals surface area (Å²) in [4.78, 5) is 20.3. The summed E-state index contributed by atoms with van der Waals surface area (Å²) in [7, 11) is 0. The van der Waals surface area contributed by atoms with Crippen LogP contribution in [0, 0.1) is 0 Å². The zero-order chi connectivity index (χ0) is 6.85. The minimum absolute atomic E-state index is 0.00694. The van der Waals surface area contributed by atoms with E-state index in [9.17, 15) is 14.1 Å². The van der Waals surface area contributed by atoms with E-state index in [1.54, 1.807) is 0 Å².